The Labute approximate surface area is 294 Å². The van der Waals surface area contributed by atoms with Gasteiger partial charge in [-0.3, -0.25) is 28.8 Å². The number of hydrogen-bond donors (Lipinski definition) is 4. The van der Waals surface area contributed by atoms with Crippen LogP contribution in [0, 0.1) is 22.7 Å². The minimum Gasteiger partial charge on any atom is -0.447 e. The summed E-state index contributed by atoms with van der Waals surface area (Å²) in [6.45, 7) is 14.4. The quantitative estimate of drug-likeness (QED) is 0.213. The SMILES string of the molecule is CCCC(NC(=O)[C@@H]1[C@@H]2C(CN1C(=O)[C@@H](NC(=O)OC(C)C)C(C)(C)C)C2(C)C)C(=O)C(=O)NCC(=O)N[C@H](C(=O)N(C)C)c1ccccc1. The number of Topliss-reactive ketones (excluding diaryl/α,β-unsaturated/α-hetero) is 1. The lowest BCUT2D eigenvalue weighted by Crippen LogP contribution is -2.60. The standard InChI is InChI=1S/C36H54N6O8/c1-11-15-23(28(44)31(46)37-18-24(43)39-26(32(47)41(9)10)21-16-13-12-14-17-21)38-30(45)27-25-22(36(25,7)8)19-42(27)33(48)29(35(4,5)6)40-34(49)50-20(2)3/h12-14,16-17,20,22-23,25-27,29H,11,15,18-19H2,1-10H3,(H,37,46)(H,38,45)(H,39,43)(H,40,49)/t22?,23?,25-,26-,27-,29+/m0/s1. The Morgan fingerprint density at radius 3 is 2.14 bits per heavy atom. The van der Waals surface area contributed by atoms with Gasteiger partial charge in [0.1, 0.15) is 18.1 Å². The molecule has 2 fully saturated rings. The molecule has 50 heavy (non-hydrogen) atoms. The number of rotatable bonds is 14. The van der Waals surface area contributed by atoms with Crippen LogP contribution in [0.25, 0.3) is 0 Å². The highest BCUT2D eigenvalue weighted by molar-refractivity contribution is 6.38. The smallest absolute Gasteiger partial charge is 0.408 e. The zero-order valence-electron chi connectivity index (χ0n) is 30.9. The maximum atomic E-state index is 14.0. The number of ether oxygens (including phenoxy) is 1. The van der Waals surface area contributed by atoms with Gasteiger partial charge in [0.2, 0.25) is 29.4 Å². The summed E-state index contributed by atoms with van der Waals surface area (Å²) in [6.07, 6.45) is -0.549. The summed E-state index contributed by atoms with van der Waals surface area (Å²) in [5, 5.41) is 10.3. The van der Waals surface area contributed by atoms with E-state index in [4.69, 9.17) is 4.74 Å². The Balaban J connectivity index is 1.72. The molecule has 1 aliphatic carbocycles. The van der Waals surface area contributed by atoms with E-state index in [1.165, 1.54) is 9.80 Å². The van der Waals surface area contributed by atoms with Crippen LogP contribution in [0.15, 0.2) is 30.3 Å². The van der Waals surface area contributed by atoms with Gasteiger partial charge in [0.25, 0.3) is 5.91 Å². The van der Waals surface area contributed by atoms with Crippen molar-refractivity contribution < 1.29 is 38.3 Å². The normalized spacial score (nSPS) is 20.8. The monoisotopic (exact) mass is 698 g/mol. The number of hydrogen-bond acceptors (Lipinski definition) is 8. The number of fused-ring (bicyclic) bond motifs is 1. The summed E-state index contributed by atoms with van der Waals surface area (Å²) in [6, 6.07) is 4.48. The van der Waals surface area contributed by atoms with Crippen LogP contribution >= 0.6 is 0 Å². The van der Waals surface area contributed by atoms with Crippen LogP contribution in [0.5, 0.6) is 0 Å². The van der Waals surface area contributed by atoms with Crippen LogP contribution in [0.3, 0.4) is 0 Å². The van der Waals surface area contributed by atoms with Gasteiger partial charge in [-0.1, -0.05) is 78.3 Å². The number of nitrogens with one attached hydrogen (secondary N) is 4. The van der Waals surface area contributed by atoms with Gasteiger partial charge in [-0.25, -0.2) is 4.79 Å². The fraction of sp³-hybridized carbons (Fsp3) is 0.639. The lowest BCUT2D eigenvalue weighted by molar-refractivity contribution is -0.145. The van der Waals surface area contributed by atoms with Gasteiger partial charge in [0.15, 0.2) is 0 Å². The number of likely N-dealkylation sites (N-methyl/N-ethyl adjacent to an activating group) is 1. The number of likely N-dealkylation sites (tertiary alicyclic amines) is 1. The molecule has 6 amide bonds. The molecule has 2 unspecified atom stereocenters. The van der Waals surface area contributed by atoms with Gasteiger partial charge < -0.3 is 35.8 Å². The maximum Gasteiger partial charge on any atom is 0.408 e. The average Bonchev–Trinajstić information content (AvgIpc) is 3.33. The second-order valence-corrected chi connectivity index (χ2v) is 15.3. The van der Waals surface area contributed by atoms with Crippen LogP contribution in [0.2, 0.25) is 0 Å². The topological polar surface area (TPSA) is 183 Å². The van der Waals surface area contributed by atoms with E-state index in [0.717, 1.165) is 0 Å². The molecule has 1 aromatic carbocycles. The van der Waals surface area contributed by atoms with Crippen molar-refractivity contribution in [3.63, 3.8) is 0 Å². The van der Waals surface area contributed by atoms with E-state index >= 15 is 0 Å². The second kappa shape index (κ2) is 16.0. The first-order chi connectivity index (χ1) is 23.2. The summed E-state index contributed by atoms with van der Waals surface area (Å²) in [5.41, 5.74) is -0.406. The molecule has 1 saturated heterocycles. The highest BCUT2D eigenvalue weighted by Gasteiger charge is 2.70. The molecule has 2 aliphatic rings. The summed E-state index contributed by atoms with van der Waals surface area (Å²) in [7, 11) is 3.11. The van der Waals surface area contributed by atoms with Gasteiger partial charge >= 0.3 is 6.09 Å². The highest BCUT2D eigenvalue weighted by atomic mass is 16.6. The number of carbonyl (C=O) groups is 7. The first-order valence-corrected chi connectivity index (χ1v) is 17.2. The predicted octanol–water partition coefficient (Wildman–Crippen LogP) is 1.93. The van der Waals surface area contributed by atoms with E-state index in [2.05, 4.69) is 21.3 Å². The molecular weight excluding hydrogens is 644 g/mol. The van der Waals surface area contributed by atoms with E-state index in [9.17, 15) is 33.6 Å². The van der Waals surface area contributed by atoms with Crippen molar-refractivity contribution in [2.24, 2.45) is 22.7 Å². The molecule has 0 radical (unpaired) electrons. The first-order valence-electron chi connectivity index (χ1n) is 17.2. The largest absolute Gasteiger partial charge is 0.447 e. The Kier molecular flexibility index (Phi) is 12.8. The van der Waals surface area contributed by atoms with Crippen molar-refractivity contribution in [3.05, 3.63) is 35.9 Å². The lowest BCUT2D eigenvalue weighted by atomic mass is 9.85. The van der Waals surface area contributed by atoms with Gasteiger partial charge in [0.05, 0.1) is 18.7 Å². The molecule has 0 spiro atoms. The van der Waals surface area contributed by atoms with E-state index in [-0.39, 0.29) is 29.6 Å². The summed E-state index contributed by atoms with van der Waals surface area (Å²) >= 11 is 0. The molecule has 14 heteroatoms. The number of piperidine rings is 1. The molecule has 1 aliphatic heterocycles. The zero-order valence-corrected chi connectivity index (χ0v) is 30.9. The van der Waals surface area contributed by atoms with Crippen LogP contribution < -0.4 is 21.3 Å². The van der Waals surface area contributed by atoms with Crippen LogP contribution in [0.1, 0.15) is 79.8 Å². The lowest BCUT2D eigenvalue weighted by Gasteiger charge is -2.37. The Morgan fingerprint density at radius 2 is 1.60 bits per heavy atom. The number of carbonyl (C=O) groups excluding carboxylic acids is 7. The van der Waals surface area contributed by atoms with E-state index < -0.39 is 77.7 Å². The fourth-order valence-corrected chi connectivity index (χ4v) is 6.62. The van der Waals surface area contributed by atoms with Gasteiger partial charge in [-0.2, -0.15) is 0 Å². The Morgan fingerprint density at radius 1 is 0.980 bits per heavy atom. The molecule has 276 valence electrons. The number of nitrogens with zero attached hydrogens (tertiary/aromatic N) is 2. The summed E-state index contributed by atoms with van der Waals surface area (Å²) < 4.78 is 5.23. The zero-order chi connectivity index (χ0) is 37.7. The predicted molar refractivity (Wildman–Crippen MR) is 185 cm³/mol. The molecule has 1 saturated carbocycles. The van der Waals surface area contributed by atoms with Crippen molar-refractivity contribution in [2.75, 3.05) is 27.2 Å². The van der Waals surface area contributed by atoms with E-state index in [1.54, 1.807) is 86.0 Å². The third kappa shape index (κ3) is 9.39. The van der Waals surface area contributed by atoms with Crippen molar-refractivity contribution in [1.29, 1.82) is 0 Å². The first kappa shape index (κ1) is 39.9. The molecule has 4 N–H and O–H groups in total. The van der Waals surface area contributed by atoms with E-state index in [1.807, 2.05) is 13.8 Å². The molecule has 0 bridgehead atoms. The number of ketones is 1. The van der Waals surface area contributed by atoms with Gasteiger partial charge in [-0.05, 0) is 48.5 Å². The van der Waals surface area contributed by atoms with Crippen LogP contribution in [-0.2, 0) is 33.5 Å². The van der Waals surface area contributed by atoms with E-state index in [0.29, 0.717) is 18.5 Å². The number of amides is 6. The maximum absolute atomic E-state index is 14.0. The third-order valence-electron chi connectivity index (χ3n) is 9.45. The summed E-state index contributed by atoms with van der Waals surface area (Å²) in [5.74, 6) is -4.24. The molecule has 1 aromatic rings. The minimum absolute atomic E-state index is 0.0339. The highest BCUT2D eigenvalue weighted by Crippen LogP contribution is 2.65. The van der Waals surface area contributed by atoms with Crippen LogP contribution in [0.4, 0.5) is 4.79 Å². The Hall–Kier alpha value is -4.49. The van der Waals surface area contributed by atoms with Crippen molar-refractivity contribution in [2.45, 2.75) is 98.5 Å². The third-order valence-corrected chi connectivity index (χ3v) is 9.45. The van der Waals surface area contributed by atoms with Crippen LogP contribution in [-0.4, -0.2) is 103 Å². The molecular formula is C36H54N6O8. The molecule has 3 rings (SSSR count). The van der Waals surface area contributed by atoms with Gasteiger partial charge in [0, 0.05) is 20.6 Å². The Bertz CT molecular complexity index is 1450. The van der Waals surface area contributed by atoms with Crippen molar-refractivity contribution in [1.82, 2.24) is 31.1 Å². The molecule has 6 atom stereocenters. The number of benzene rings is 1. The fourth-order valence-electron chi connectivity index (χ4n) is 6.62. The number of alkyl carbamates (subject to hydrolysis) is 1. The average molecular weight is 699 g/mol. The summed E-state index contributed by atoms with van der Waals surface area (Å²) in [4.78, 5) is 95.3. The molecule has 14 nitrogen and oxygen atoms in total. The minimum atomic E-state index is -1.21. The second-order valence-electron chi connectivity index (χ2n) is 15.3. The van der Waals surface area contributed by atoms with Crippen molar-refractivity contribution in [3.8, 4) is 0 Å². The van der Waals surface area contributed by atoms with Gasteiger partial charge in [-0.15, -0.1) is 0 Å². The van der Waals surface area contributed by atoms with Crippen molar-refractivity contribution >= 4 is 41.4 Å². The molecule has 1 heterocycles. The molecule has 0 aromatic heterocycles.